The molecule has 0 amide bonds. The van der Waals surface area contributed by atoms with Gasteiger partial charge in [0, 0.05) is 12.2 Å². The number of aromatic nitrogens is 4. The van der Waals surface area contributed by atoms with Crippen LogP contribution in [0.1, 0.15) is 30.3 Å². The first-order chi connectivity index (χ1) is 14.2. The lowest BCUT2D eigenvalue weighted by molar-refractivity contribution is -1.02. The molecule has 2 aliphatic heterocycles. The van der Waals surface area contributed by atoms with Gasteiger partial charge in [-0.15, -0.1) is 5.10 Å². The number of nitrogens with one attached hydrogen (secondary N) is 2. The standard InChI is InChI=1S/C20H30N6O3/c1-24-8-10-25(11-9-24)19(15-6-7-17(27-2)18(13-15)28-3)20-21-22-23-26(20)14-16-5-4-12-29-16/h6-7,13,16,19H,4-5,8-12,14H2,1-3H3/p+2/t16-,19-/m1/s1. The highest BCUT2D eigenvalue weighted by atomic mass is 16.5. The first kappa shape index (κ1) is 20.1. The first-order valence-electron chi connectivity index (χ1n) is 10.4. The van der Waals surface area contributed by atoms with Gasteiger partial charge < -0.3 is 24.0 Å². The number of rotatable bonds is 7. The van der Waals surface area contributed by atoms with Crippen molar-refractivity contribution in [3.63, 3.8) is 0 Å². The largest absolute Gasteiger partial charge is 0.493 e. The van der Waals surface area contributed by atoms with E-state index < -0.39 is 0 Å². The van der Waals surface area contributed by atoms with Gasteiger partial charge in [-0.3, -0.25) is 0 Å². The number of quaternary nitrogens is 2. The van der Waals surface area contributed by atoms with Crippen LogP contribution in [0.5, 0.6) is 11.5 Å². The Morgan fingerprint density at radius 3 is 2.66 bits per heavy atom. The van der Waals surface area contributed by atoms with Crippen molar-refractivity contribution in [2.45, 2.75) is 31.5 Å². The number of tetrazole rings is 1. The molecule has 3 heterocycles. The van der Waals surface area contributed by atoms with Gasteiger partial charge in [-0.25, -0.2) is 4.68 Å². The highest BCUT2D eigenvalue weighted by Gasteiger charge is 2.36. The van der Waals surface area contributed by atoms with Crippen LogP contribution in [-0.4, -0.2) is 80.4 Å². The van der Waals surface area contributed by atoms with E-state index in [2.05, 4.69) is 34.7 Å². The molecule has 9 nitrogen and oxygen atoms in total. The number of benzene rings is 1. The molecule has 0 spiro atoms. The maximum Gasteiger partial charge on any atom is 0.214 e. The number of hydrogen-bond acceptors (Lipinski definition) is 6. The summed E-state index contributed by atoms with van der Waals surface area (Å²) in [6.45, 7) is 5.92. The predicted molar refractivity (Wildman–Crippen MR) is 105 cm³/mol. The van der Waals surface area contributed by atoms with Crippen LogP contribution in [0, 0.1) is 0 Å². The number of hydrogen-bond donors (Lipinski definition) is 2. The fourth-order valence-electron chi connectivity index (χ4n) is 4.42. The predicted octanol–water partition coefficient (Wildman–Crippen LogP) is -1.63. The number of piperazine rings is 1. The van der Waals surface area contributed by atoms with Gasteiger partial charge in [0.05, 0.1) is 33.9 Å². The Labute approximate surface area is 171 Å². The van der Waals surface area contributed by atoms with Crippen LogP contribution in [0.3, 0.4) is 0 Å². The molecule has 1 aromatic carbocycles. The molecule has 0 radical (unpaired) electrons. The molecule has 9 heteroatoms. The van der Waals surface area contributed by atoms with Crippen molar-refractivity contribution in [1.82, 2.24) is 20.2 Å². The molecular formula is C20H32N6O3+2. The van der Waals surface area contributed by atoms with Gasteiger partial charge in [0.15, 0.2) is 17.5 Å². The number of ether oxygens (including phenoxy) is 3. The molecule has 2 N–H and O–H groups in total. The molecule has 0 bridgehead atoms. The normalized spacial score (nSPS) is 25.7. The highest BCUT2D eigenvalue weighted by molar-refractivity contribution is 5.44. The third-order valence-electron chi connectivity index (χ3n) is 6.11. The van der Waals surface area contributed by atoms with Crippen molar-refractivity contribution in [1.29, 1.82) is 0 Å². The van der Waals surface area contributed by atoms with E-state index in [0.29, 0.717) is 6.54 Å². The fraction of sp³-hybridized carbons (Fsp3) is 0.650. The second-order valence-corrected chi connectivity index (χ2v) is 8.02. The van der Waals surface area contributed by atoms with Crippen LogP contribution in [0.4, 0.5) is 0 Å². The van der Waals surface area contributed by atoms with Crippen molar-refractivity contribution in [3.05, 3.63) is 29.6 Å². The number of nitrogens with zero attached hydrogens (tertiary/aromatic N) is 4. The van der Waals surface area contributed by atoms with Gasteiger partial charge >= 0.3 is 0 Å². The molecule has 4 rings (SSSR count). The van der Waals surface area contributed by atoms with E-state index in [1.54, 1.807) is 19.1 Å². The van der Waals surface area contributed by atoms with Gasteiger partial charge in [0.25, 0.3) is 0 Å². The van der Waals surface area contributed by atoms with Crippen molar-refractivity contribution in [2.75, 3.05) is 54.1 Å². The lowest BCUT2D eigenvalue weighted by Crippen LogP contribution is -3.27. The highest BCUT2D eigenvalue weighted by Crippen LogP contribution is 2.31. The third-order valence-corrected chi connectivity index (χ3v) is 6.11. The molecule has 2 aliphatic rings. The van der Waals surface area contributed by atoms with E-state index in [9.17, 15) is 0 Å². The summed E-state index contributed by atoms with van der Waals surface area (Å²) in [7, 11) is 5.58. The molecule has 0 unspecified atom stereocenters. The van der Waals surface area contributed by atoms with Crippen LogP contribution in [0.25, 0.3) is 0 Å². The molecule has 1 aromatic heterocycles. The van der Waals surface area contributed by atoms with E-state index in [4.69, 9.17) is 14.2 Å². The molecule has 158 valence electrons. The maximum absolute atomic E-state index is 5.83. The van der Waals surface area contributed by atoms with Crippen molar-refractivity contribution in [3.8, 4) is 11.5 Å². The Morgan fingerprint density at radius 2 is 1.97 bits per heavy atom. The van der Waals surface area contributed by atoms with Crippen molar-refractivity contribution >= 4 is 0 Å². The Hall–Kier alpha value is -2.23. The average Bonchev–Trinajstić information content (AvgIpc) is 3.42. The molecule has 0 saturated carbocycles. The number of likely N-dealkylation sites (N-methyl/N-ethyl adjacent to an activating group) is 1. The second-order valence-electron chi connectivity index (χ2n) is 8.02. The molecule has 2 atom stereocenters. The van der Waals surface area contributed by atoms with Crippen molar-refractivity contribution in [2.24, 2.45) is 0 Å². The first-order valence-corrected chi connectivity index (χ1v) is 10.4. The summed E-state index contributed by atoms with van der Waals surface area (Å²) in [5, 5.41) is 12.8. The fourth-order valence-corrected chi connectivity index (χ4v) is 4.42. The van der Waals surface area contributed by atoms with Crippen LogP contribution in [-0.2, 0) is 11.3 Å². The zero-order valence-corrected chi connectivity index (χ0v) is 17.6. The van der Waals surface area contributed by atoms with E-state index >= 15 is 0 Å². The van der Waals surface area contributed by atoms with Gasteiger partial charge in [-0.1, -0.05) is 0 Å². The third kappa shape index (κ3) is 4.36. The minimum atomic E-state index is 0.0410. The zero-order valence-electron chi connectivity index (χ0n) is 17.6. The summed E-state index contributed by atoms with van der Waals surface area (Å²) in [5.41, 5.74) is 1.14. The summed E-state index contributed by atoms with van der Waals surface area (Å²) < 4.78 is 18.8. The topological polar surface area (TPSA) is 80.2 Å². The lowest BCUT2D eigenvalue weighted by atomic mass is 10.0. The van der Waals surface area contributed by atoms with Crippen LogP contribution in [0.15, 0.2) is 18.2 Å². The van der Waals surface area contributed by atoms with Gasteiger partial charge in [-0.2, -0.15) is 0 Å². The van der Waals surface area contributed by atoms with E-state index in [1.165, 1.54) is 4.90 Å². The lowest BCUT2D eigenvalue weighted by Gasteiger charge is -2.33. The maximum atomic E-state index is 5.83. The van der Waals surface area contributed by atoms with Gasteiger partial charge in [-0.05, 0) is 41.5 Å². The second kappa shape index (κ2) is 9.06. The van der Waals surface area contributed by atoms with E-state index in [-0.39, 0.29) is 12.1 Å². The molecule has 2 fully saturated rings. The summed E-state index contributed by atoms with van der Waals surface area (Å²) in [6, 6.07) is 6.18. The molecule has 29 heavy (non-hydrogen) atoms. The summed E-state index contributed by atoms with van der Waals surface area (Å²) >= 11 is 0. The average molecular weight is 405 g/mol. The van der Waals surface area contributed by atoms with Gasteiger partial charge in [0.1, 0.15) is 26.2 Å². The Morgan fingerprint density at radius 1 is 1.17 bits per heavy atom. The van der Waals surface area contributed by atoms with Crippen molar-refractivity contribution < 1.29 is 24.0 Å². The molecular weight excluding hydrogens is 372 g/mol. The smallest absolute Gasteiger partial charge is 0.214 e. The van der Waals surface area contributed by atoms with Crippen LogP contribution in [0.2, 0.25) is 0 Å². The SMILES string of the molecule is COc1ccc([C@H](c2nnnn2C[C@H]2CCCO2)[NH+]2CC[NH+](C)CC2)cc1OC. The van der Waals surface area contributed by atoms with Crippen LogP contribution < -0.4 is 19.3 Å². The zero-order chi connectivity index (χ0) is 20.2. The Balaban J connectivity index is 1.69. The summed E-state index contributed by atoms with van der Waals surface area (Å²) in [5.74, 6) is 2.35. The summed E-state index contributed by atoms with van der Waals surface area (Å²) in [4.78, 5) is 3.05. The van der Waals surface area contributed by atoms with E-state index in [0.717, 1.165) is 68.5 Å². The number of methoxy groups -OCH3 is 2. The Bertz CT molecular complexity index is 799. The minimum Gasteiger partial charge on any atom is -0.493 e. The van der Waals surface area contributed by atoms with Gasteiger partial charge in [0.2, 0.25) is 5.82 Å². The minimum absolute atomic E-state index is 0.0410. The van der Waals surface area contributed by atoms with Crippen LogP contribution >= 0.6 is 0 Å². The monoisotopic (exact) mass is 404 g/mol. The molecule has 2 aromatic rings. The quantitative estimate of drug-likeness (QED) is 0.577. The molecule has 0 aliphatic carbocycles. The Kier molecular flexibility index (Phi) is 6.27. The summed E-state index contributed by atoms with van der Waals surface area (Å²) in [6.07, 6.45) is 2.36. The molecule has 2 saturated heterocycles. The van der Waals surface area contributed by atoms with E-state index in [1.807, 2.05) is 10.7 Å².